The van der Waals surface area contributed by atoms with E-state index in [4.69, 9.17) is 0 Å². The van der Waals surface area contributed by atoms with Crippen LogP contribution in [0.25, 0.3) is 0 Å². The van der Waals surface area contributed by atoms with Crippen molar-refractivity contribution in [1.29, 1.82) is 0 Å². The van der Waals surface area contributed by atoms with Gasteiger partial charge in [-0.1, -0.05) is 64.5 Å². The molecule has 2 N–H and O–H groups in total. The summed E-state index contributed by atoms with van der Waals surface area (Å²) in [6, 6.07) is 17.9. The molecule has 0 radical (unpaired) electrons. The maximum absolute atomic E-state index is 10.6. The Balaban J connectivity index is 1.81. The van der Waals surface area contributed by atoms with E-state index in [0.29, 0.717) is 6.54 Å². The minimum absolute atomic E-state index is 0.0328. The van der Waals surface area contributed by atoms with E-state index in [2.05, 4.69) is 26.9 Å². The van der Waals surface area contributed by atoms with Crippen molar-refractivity contribution in [2.24, 2.45) is 0 Å². The zero-order valence-corrected chi connectivity index (χ0v) is 13.9. The molecular weight excluding hydrogens is 342 g/mol. The molecule has 4 heteroatoms. The molecule has 0 saturated carbocycles. The van der Waals surface area contributed by atoms with Gasteiger partial charge in [-0.3, -0.25) is 4.90 Å². The molecule has 116 valence electrons. The number of likely N-dealkylation sites (tertiary alicyclic amines) is 1. The first-order chi connectivity index (χ1) is 10.7. The van der Waals surface area contributed by atoms with Crippen LogP contribution in [0, 0.1) is 0 Å². The summed E-state index contributed by atoms with van der Waals surface area (Å²) in [5.41, 5.74) is 2.30. The summed E-state index contributed by atoms with van der Waals surface area (Å²) in [4.78, 5) is 2.17. The molecule has 0 spiro atoms. The van der Waals surface area contributed by atoms with Crippen molar-refractivity contribution in [3.05, 3.63) is 70.2 Å². The van der Waals surface area contributed by atoms with Crippen molar-refractivity contribution < 1.29 is 10.2 Å². The molecular formula is C18H20BrNO2. The fourth-order valence-corrected chi connectivity index (χ4v) is 3.64. The van der Waals surface area contributed by atoms with Crippen LogP contribution in [-0.4, -0.2) is 40.4 Å². The largest absolute Gasteiger partial charge is 0.395 e. The lowest BCUT2D eigenvalue weighted by Gasteiger charge is -2.24. The molecule has 1 heterocycles. The Morgan fingerprint density at radius 2 is 1.73 bits per heavy atom. The minimum atomic E-state index is -0.546. The maximum atomic E-state index is 10.6. The number of aliphatic hydroxyl groups excluding tert-OH is 2. The van der Waals surface area contributed by atoms with Crippen molar-refractivity contribution in [1.82, 2.24) is 4.90 Å². The lowest BCUT2D eigenvalue weighted by Crippen LogP contribution is -2.38. The first-order valence-corrected chi connectivity index (χ1v) is 8.31. The monoisotopic (exact) mass is 361 g/mol. The molecule has 1 aliphatic heterocycles. The number of benzene rings is 2. The van der Waals surface area contributed by atoms with Crippen LogP contribution in [-0.2, 0) is 6.54 Å². The number of hydrogen-bond acceptors (Lipinski definition) is 3. The Morgan fingerprint density at radius 1 is 1.05 bits per heavy atom. The highest BCUT2D eigenvalue weighted by Crippen LogP contribution is 2.33. The van der Waals surface area contributed by atoms with Crippen LogP contribution in [0.3, 0.4) is 0 Å². The topological polar surface area (TPSA) is 43.7 Å². The Labute approximate surface area is 139 Å². The summed E-state index contributed by atoms with van der Waals surface area (Å²) in [5.74, 6) is 0.0424. The first-order valence-electron chi connectivity index (χ1n) is 7.52. The quantitative estimate of drug-likeness (QED) is 0.879. The van der Waals surface area contributed by atoms with Gasteiger partial charge in [0, 0.05) is 23.5 Å². The molecule has 0 amide bonds. The van der Waals surface area contributed by atoms with E-state index in [-0.39, 0.29) is 18.6 Å². The third kappa shape index (κ3) is 3.10. The predicted molar refractivity (Wildman–Crippen MR) is 90.6 cm³/mol. The van der Waals surface area contributed by atoms with Crippen molar-refractivity contribution in [2.45, 2.75) is 24.6 Å². The van der Waals surface area contributed by atoms with Gasteiger partial charge in [-0.15, -0.1) is 0 Å². The van der Waals surface area contributed by atoms with E-state index in [1.807, 2.05) is 48.5 Å². The van der Waals surface area contributed by atoms with Crippen LogP contribution in [0.5, 0.6) is 0 Å². The predicted octanol–water partition coefficient (Wildman–Crippen LogP) is 2.77. The molecule has 0 aromatic heterocycles. The third-order valence-electron chi connectivity index (χ3n) is 4.45. The fourth-order valence-electron chi connectivity index (χ4n) is 3.23. The van der Waals surface area contributed by atoms with Gasteiger partial charge in [-0.2, -0.15) is 0 Å². The second-order valence-electron chi connectivity index (χ2n) is 5.78. The molecule has 3 nitrogen and oxygen atoms in total. The number of aliphatic hydroxyl groups is 2. The van der Waals surface area contributed by atoms with E-state index in [0.717, 1.165) is 16.6 Å². The van der Waals surface area contributed by atoms with Crippen molar-refractivity contribution >= 4 is 15.9 Å². The van der Waals surface area contributed by atoms with Crippen molar-refractivity contribution in [2.75, 3.05) is 13.2 Å². The molecule has 2 aromatic rings. The Bertz CT molecular complexity index is 619. The summed E-state index contributed by atoms with van der Waals surface area (Å²) >= 11 is 3.57. The summed E-state index contributed by atoms with van der Waals surface area (Å²) in [7, 11) is 0. The van der Waals surface area contributed by atoms with Crippen LogP contribution >= 0.6 is 15.9 Å². The fraction of sp³-hybridized carbons (Fsp3) is 0.333. The highest BCUT2D eigenvalue weighted by atomic mass is 79.9. The molecule has 3 rings (SSSR count). The van der Waals surface area contributed by atoms with Crippen molar-refractivity contribution in [3.63, 3.8) is 0 Å². The lowest BCUT2D eigenvalue weighted by molar-refractivity contribution is 0.0640. The average molecular weight is 362 g/mol. The summed E-state index contributed by atoms with van der Waals surface area (Å²) < 4.78 is 1.06. The Morgan fingerprint density at radius 3 is 2.41 bits per heavy atom. The first kappa shape index (κ1) is 15.7. The molecule has 1 fully saturated rings. The van der Waals surface area contributed by atoms with Crippen LogP contribution < -0.4 is 0 Å². The number of rotatable bonds is 4. The molecule has 1 saturated heterocycles. The van der Waals surface area contributed by atoms with Gasteiger partial charge in [0.05, 0.1) is 18.8 Å². The van der Waals surface area contributed by atoms with E-state index in [9.17, 15) is 10.2 Å². The number of nitrogens with zero attached hydrogens (tertiary/aromatic N) is 1. The standard InChI is InChI=1S/C18H20BrNO2/c19-16-9-5-4-8-14(16)10-20-11-15(18(22)17(20)12-21)13-6-2-1-3-7-13/h1-9,15,17-18,21-22H,10-12H2/t15-,17-,18-/m1/s1. The molecule has 22 heavy (non-hydrogen) atoms. The van der Waals surface area contributed by atoms with E-state index < -0.39 is 6.10 Å². The van der Waals surface area contributed by atoms with Crippen molar-refractivity contribution in [3.8, 4) is 0 Å². The Hall–Kier alpha value is -1.20. The maximum Gasteiger partial charge on any atom is 0.0798 e. The summed E-state index contributed by atoms with van der Waals surface area (Å²) in [6.07, 6.45) is -0.546. The third-order valence-corrected chi connectivity index (χ3v) is 5.23. The second kappa shape index (κ2) is 6.92. The summed E-state index contributed by atoms with van der Waals surface area (Å²) in [6.45, 7) is 1.43. The Kier molecular flexibility index (Phi) is 4.93. The number of hydrogen-bond donors (Lipinski definition) is 2. The van der Waals surface area contributed by atoms with Gasteiger partial charge in [-0.25, -0.2) is 0 Å². The smallest absolute Gasteiger partial charge is 0.0798 e. The van der Waals surface area contributed by atoms with E-state index in [1.54, 1.807) is 0 Å². The van der Waals surface area contributed by atoms with Crippen LogP contribution in [0.2, 0.25) is 0 Å². The highest BCUT2D eigenvalue weighted by Gasteiger charge is 2.40. The highest BCUT2D eigenvalue weighted by molar-refractivity contribution is 9.10. The van der Waals surface area contributed by atoms with Gasteiger partial charge in [-0.05, 0) is 17.2 Å². The molecule has 0 aliphatic carbocycles. The molecule has 3 atom stereocenters. The van der Waals surface area contributed by atoms with Gasteiger partial charge in [0.2, 0.25) is 0 Å². The molecule has 2 aromatic carbocycles. The minimum Gasteiger partial charge on any atom is -0.395 e. The van der Waals surface area contributed by atoms with E-state index in [1.165, 1.54) is 5.56 Å². The van der Waals surface area contributed by atoms with Gasteiger partial charge in [0.15, 0.2) is 0 Å². The van der Waals surface area contributed by atoms with Crippen LogP contribution in [0.4, 0.5) is 0 Å². The molecule has 0 unspecified atom stereocenters. The van der Waals surface area contributed by atoms with E-state index >= 15 is 0 Å². The van der Waals surface area contributed by atoms with Gasteiger partial charge in [0.1, 0.15) is 0 Å². The second-order valence-corrected chi connectivity index (χ2v) is 6.63. The average Bonchev–Trinajstić information content (AvgIpc) is 2.86. The number of halogens is 1. The zero-order valence-electron chi connectivity index (χ0n) is 12.3. The van der Waals surface area contributed by atoms with Gasteiger partial charge >= 0.3 is 0 Å². The normalized spacial score (nSPS) is 25.5. The van der Waals surface area contributed by atoms with Crippen LogP contribution in [0.1, 0.15) is 17.0 Å². The van der Waals surface area contributed by atoms with Gasteiger partial charge < -0.3 is 10.2 Å². The van der Waals surface area contributed by atoms with Crippen LogP contribution in [0.15, 0.2) is 59.1 Å². The molecule has 1 aliphatic rings. The molecule has 0 bridgehead atoms. The zero-order chi connectivity index (χ0) is 15.5. The lowest BCUT2D eigenvalue weighted by atomic mass is 9.94. The SMILES string of the molecule is OC[C@@H]1[C@H](O)[C@@H](c2ccccc2)CN1Cc1ccccc1Br. The summed E-state index contributed by atoms with van der Waals surface area (Å²) in [5, 5.41) is 20.3. The van der Waals surface area contributed by atoms with Gasteiger partial charge in [0.25, 0.3) is 0 Å².